The SMILES string of the molecule is CC(NCCc1ccc(Cl)cc1)c1cccc(Cl)c1Cl. The molecule has 0 aromatic heterocycles. The van der Waals surface area contributed by atoms with E-state index in [0.717, 1.165) is 23.6 Å². The van der Waals surface area contributed by atoms with Crippen molar-refractivity contribution in [2.45, 2.75) is 19.4 Å². The lowest BCUT2D eigenvalue weighted by atomic mass is 10.1. The Kier molecular flexibility index (Phi) is 5.74. The zero-order valence-corrected chi connectivity index (χ0v) is 13.4. The summed E-state index contributed by atoms with van der Waals surface area (Å²) in [6.07, 6.45) is 0.944. The zero-order valence-electron chi connectivity index (χ0n) is 11.2. The van der Waals surface area contributed by atoms with E-state index in [1.807, 2.05) is 36.4 Å². The molecule has 20 heavy (non-hydrogen) atoms. The largest absolute Gasteiger partial charge is 0.310 e. The normalized spacial score (nSPS) is 12.4. The van der Waals surface area contributed by atoms with Crippen molar-refractivity contribution < 1.29 is 0 Å². The fraction of sp³-hybridized carbons (Fsp3) is 0.250. The van der Waals surface area contributed by atoms with Gasteiger partial charge in [0.15, 0.2) is 0 Å². The van der Waals surface area contributed by atoms with Crippen LogP contribution >= 0.6 is 34.8 Å². The van der Waals surface area contributed by atoms with Crippen LogP contribution in [0.25, 0.3) is 0 Å². The molecule has 2 aromatic rings. The van der Waals surface area contributed by atoms with Crippen LogP contribution in [0.5, 0.6) is 0 Å². The van der Waals surface area contributed by atoms with E-state index in [9.17, 15) is 0 Å². The summed E-state index contributed by atoms with van der Waals surface area (Å²) in [5, 5.41) is 5.44. The van der Waals surface area contributed by atoms with Crippen molar-refractivity contribution in [3.63, 3.8) is 0 Å². The first kappa shape index (κ1) is 15.7. The maximum absolute atomic E-state index is 6.21. The third kappa shape index (κ3) is 4.13. The second-order valence-electron chi connectivity index (χ2n) is 4.70. The Bertz CT molecular complexity index is 566. The Morgan fingerprint density at radius 3 is 2.40 bits per heavy atom. The minimum absolute atomic E-state index is 0.161. The van der Waals surface area contributed by atoms with Crippen LogP contribution in [0.4, 0.5) is 0 Å². The molecule has 0 saturated heterocycles. The van der Waals surface area contributed by atoms with Gasteiger partial charge >= 0.3 is 0 Å². The number of hydrogen-bond donors (Lipinski definition) is 1. The number of hydrogen-bond acceptors (Lipinski definition) is 1. The highest BCUT2D eigenvalue weighted by atomic mass is 35.5. The van der Waals surface area contributed by atoms with Crippen LogP contribution in [0.2, 0.25) is 15.1 Å². The number of halogens is 3. The molecular formula is C16H16Cl3N. The minimum Gasteiger partial charge on any atom is -0.310 e. The van der Waals surface area contributed by atoms with E-state index in [1.54, 1.807) is 6.07 Å². The van der Waals surface area contributed by atoms with E-state index in [4.69, 9.17) is 34.8 Å². The smallest absolute Gasteiger partial charge is 0.0639 e. The van der Waals surface area contributed by atoms with Crippen LogP contribution < -0.4 is 5.32 Å². The molecule has 2 aromatic carbocycles. The van der Waals surface area contributed by atoms with Gasteiger partial charge in [-0.2, -0.15) is 0 Å². The number of benzene rings is 2. The van der Waals surface area contributed by atoms with E-state index in [2.05, 4.69) is 12.2 Å². The predicted molar refractivity (Wildman–Crippen MR) is 88.0 cm³/mol. The molecule has 106 valence electrons. The van der Waals surface area contributed by atoms with Gasteiger partial charge in [-0.1, -0.05) is 59.1 Å². The highest BCUT2D eigenvalue weighted by molar-refractivity contribution is 6.42. The monoisotopic (exact) mass is 327 g/mol. The summed E-state index contributed by atoms with van der Waals surface area (Å²) in [7, 11) is 0. The van der Waals surface area contributed by atoms with Gasteiger partial charge in [0.05, 0.1) is 10.0 Å². The van der Waals surface area contributed by atoms with Crippen molar-refractivity contribution in [3.8, 4) is 0 Å². The fourth-order valence-corrected chi connectivity index (χ4v) is 2.65. The third-order valence-electron chi connectivity index (χ3n) is 3.23. The maximum Gasteiger partial charge on any atom is 0.0639 e. The number of nitrogens with one attached hydrogen (secondary N) is 1. The lowest BCUT2D eigenvalue weighted by molar-refractivity contribution is 0.577. The standard InChI is InChI=1S/C16H16Cl3N/c1-11(14-3-2-4-15(18)16(14)19)20-10-9-12-5-7-13(17)8-6-12/h2-8,11,20H,9-10H2,1H3. The highest BCUT2D eigenvalue weighted by Crippen LogP contribution is 2.29. The quantitative estimate of drug-likeness (QED) is 0.760. The Labute approximate surface area is 134 Å². The van der Waals surface area contributed by atoms with Gasteiger partial charge in [0.1, 0.15) is 0 Å². The molecule has 0 aliphatic heterocycles. The first-order chi connectivity index (χ1) is 9.58. The molecule has 0 aliphatic carbocycles. The van der Waals surface area contributed by atoms with Crippen LogP contribution in [0.1, 0.15) is 24.1 Å². The van der Waals surface area contributed by atoms with Crippen molar-refractivity contribution in [1.82, 2.24) is 5.32 Å². The lowest BCUT2D eigenvalue weighted by Gasteiger charge is -2.16. The van der Waals surface area contributed by atoms with Gasteiger partial charge in [-0.15, -0.1) is 0 Å². The molecule has 0 bridgehead atoms. The van der Waals surface area contributed by atoms with Crippen LogP contribution in [-0.4, -0.2) is 6.54 Å². The Balaban J connectivity index is 1.90. The molecule has 1 nitrogen and oxygen atoms in total. The number of rotatable bonds is 5. The van der Waals surface area contributed by atoms with Gasteiger partial charge in [-0.05, 0) is 49.2 Å². The lowest BCUT2D eigenvalue weighted by Crippen LogP contribution is -2.21. The molecule has 2 rings (SSSR count). The maximum atomic E-state index is 6.21. The molecule has 0 spiro atoms. The van der Waals surface area contributed by atoms with Crippen molar-refractivity contribution in [2.24, 2.45) is 0 Å². The zero-order chi connectivity index (χ0) is 14.5. The first-order valence-electron chi connectivity index (χ1n) is 6.49. The van der Waals surface area contributed by atoms with Gasteiger partial charge in [0.25, 0.3) is 0 Å². The van der Waals surface area contributed by atoms with Gasteiger partial charge in [-0.3, -0.25) is 0 Å². The van der Waals surface area contributed by atoms with Crippen molar-refractivity contribution in [2.75, 3.05) is 6.54 Å². The van der Waals surface area contributed by atoms with Gasteiger partial charge in [-0.25, -0.2) is 0 Å². The van der Waals surface area contributed by atoms with Crippen molar-refractivity contribution in [1.29, 1.82) is 0 Å². The molecule has 0 radical (unpaired) electrons. The van der Waals surface area contributed by atoms with Gasteiger partial charge in [0.2, 0.25) is 0 Å². The summed E-state index contributed by atoms with van der Waals surface area (Å²) in [6.45, 7) is 2.95. The average Bonchev–Trinajstić information content (AvgIpc) is 2.44. The van der Waals surface area contributed by atoms with E-state index in [1.165, 1.54) is 5.56 Å². The van der Waals surface area contributed by atoms with Crippen LogP contribution in [0, 0.1) is 0 Å². The molecular weight excluding hydrogens is 313 g/mol. The molecule has 0 fully saturated rings. The Morgan fingerprint density at radius 1 is 1.00 bits per heavy atom. The topological polar surface area (TPSA) is 12.0 Å². The van der Waals surface area contributed by atoms with Gasteiger partial charge in [0, 0.05) is 11.1 Å². The van der Waals surface area contributed by atoms with Crippen LogP contribution in [0.3, 0.4) is 0 Å². The van der Waals surface area contributed by atoms with Crippen LogP contribution in [0.15, 0.2) is 42.5 Å². The molecule has 1 N–H and O–H groups in total. The summed E-state index contributed by atoms with van der Waals surface area (Å²) in [5.74, 6) is 0. The average molecular weight is 329 g/mol. The summed E-state index contributed by atoms with van der Waals surface area (Å²) < 4.78 is 0. The van der Waals surface area contributed by atoms with E-state index < -0.39 is 0 Å². The molecule has 0 heterocycles. The summed E-state index contributed by atoms with van der Waals surface area (Å²) in [4.78, 5) is 0. The highest BCUT2D eigenvalue weighted by Gasteiger charge is 2.10. The Hall–Kier alpha value is -0.730. The minimum atomic E-state index is 0.161. The van der Waals surface area contributed by atoms with E-state index in [-0.39, 0.29) is 6.04 Å². The molecule has 1 atom stereocenters. The van der Waals surface area contributed by atoms with Gasteiger partial charge < -0.3 is 5.32 Å². The molecule has 1 unspecified atom stereocenters. The van der Waals surface area contributed by atoms with Crippen molar-refractivity contribution >= 4 is 34.8 Å². The Morgan fingerprint density at radius 2 is 1.70 bits per heavy atom. The summed E-state index contributed by atoms with van der Waals surface area (Å²) in [5.41, 5.74) is 2.28. The second kappa shape index (κ2) is 7.33. The molecule has 0 aliphatic rings. The van der Waals surface area contributed by atoms with E-state index >= 15 is 0 Å². The summed E-state index contributed by atoms with van der Waals surface area (Å²) in [6, 6.07) is 13.8. The molecule has 0 amide bonds. The van der Waals surface area contributed by atoms with Crippen LogP contribution in [-0.2, 0) is 6.42 Å². The molecule has 4 heteroatoms. The molecule has 0 saturated carbocycles. The predicted octanol–water partition coefficient (Wildman–Crippen LogP) is 5.54. The van der Waals surface area contributed by atoms with E-state index in [0.29, 0.717) is 10.0 Å². The first-order valence-corrected chi connectivity index (χ1v) is 7.63. The fourth-order valence-electron chi connectivity index (χ4n) is 2.05. The third-order valence-corrected chi connectivity index (χ3v) is 4.31. The second-order valence-corrected chi connectivity index (χ2v) is 5.92. The summed E-state index contributed by atoms with van der Waals surface area (Å²) >= 11 is 18.1. The van der Waals surface area contributed by atoms with Crippen molar-refractivity contribution in [3.05, 3.63) is 68.7 Å².